The molecule has 1 spiro atoms. The Labute approximate surface area is 264 Å². The first-order valence-electron chi connectivity index (χ1n) is 16.0. The number of nitrogens with zero attached hydrogens (tertiary/aromatic N) is 2. The molecule has 3 amide bonds. The predicted octanol–water partition coefficient (Wildman–Crippen LogP) is 2.30. The molecule has 9 atom stereocenters. The van der Waals surface area contributed by atoms with Crippen LogP contribution in [0.3, 0.4) is 0 Å². The number of rotatable bonds is 8. The molecule has 45 heavy (non-hydrogen) atoms. The minimum absolute atomic E-state index is 0.0772. The van der Waals surface area contributed by atoms with Gasteiger partial charge < -0.3 is 34.4 Å². The monoisotopic (exact) mass is 623 g/mol. The van der Waals surface area contributed by atoms with E-state index in [0.717, 1.165) is 12.8 Å². The molecule has 1 aromatic carbocycles. The van der Waals surface area contributed by atoms with Gasteiger partial charge in [-0.2, -0.15) is 0 Å². The average molecular weight is 624 g/mol. The van der Waals surface area contributed by atoms with Gasteiger partial charge in [-0.05, 0) is 32.3 Å². The number of aliphatic hydroxyl groups excluding tert-OH is 1. The number of hydrogen-bond acceptors (Lipinski definition) is 8. The van der Waals surface area contributed by atoms with E-state index in [2.05, 4.69) is 5.32 Å². The molecule has 5 bridgehead atoms. The van der Waals surface area contributed by atoms with Gasteiger partial charge in [0.1, 0.15) is 23.7 Å². The van der Waals surface area contributed by atoms with Crippen molar-refractivity contribution >= 4 is 23.7 Å². The van der Waals surface area contributed by atoms with Crippen LogP contribution >= 0.6 is 0 Å². The van der Waals surface area contributed by atoms with Gasteiger partial charge in [0.05, 0.1) is 37.3 Å². The summed E-state index contributed by atoms with van der Waals surface area (Å²) in [6.07, 6.45) is 7.76. The molecule has 244 valence electrons. The normalized spacial score (nSPS) is 34.0. The van der Waals surface area contributed by atoms with Crippen LogP contribution in [-0.2, 0) is 33.4 Å². The van der Waals surface area contributed by atoms with E-state index in [1.54, 1.807) is 24.0 Å². The van der Waals surface area contributed by atoms with Crippen molar-refractivity contribution in [2.75, 3.05) is 26.9 Å². The molecule has 4 aliphatic heterocycles. The van der Waals surface area contributed by atoms with Crippen LogP contribution in [0, 0.1) is 11.8 Å². The highest BCUT2D eigenvalue weighted by Crippen LogP contribution is 2.56. The second kappa shape index (κ2) is 13.8. The molecule has 2 saturated heterocycles. The third-order valence-electron chi connectivity index (χ3n) is 9.51. The molecule has 0 aromatic heterocycles. The fourth-order valence-corrected chi connectivity index (χ4v) is 7.35. The Morgan fingerprint density at radius 2 is 1.84 bits per heavy atom. The number of cyclic esters (lactones) is 1. The third kappa shape index (κ3) is 6.05. The summed E-state index contributed by atoms with van der Waals surface area (Å²) in [5.74, 6) is -3.69. The van der Waals surface area contributed by atoms with Crippen molar-refractivity contribution in [2.24, 2.45) is 11.8 Å². The summed E-state index contributed by atoms with van der Waals surface area (Å²) in [4.78, 5) is 59.4. The lowest BCUT2D eigenvalue weighted by atomic mass is 9.74. The summed E-state index contributed by atoms with van der Waals surface area (Å²) in [5, 5.41) is 13.2. The molecule has 0 aliphatic carbocycles. The van der Waals surface area contributed by atoms with Gasteiger partial charge in [-0.15, -0.1) is 0 Å². The number of amides is 3. The van der Waals surface area contributed by atoms with Crippen molar-refractivity contribution < 1.29 is 38.5 Å². The highest BCUT2D eigenvalue weighted by atomic mass is 16.6. The number of aliphatic hydroxyl groups is 1. The Balaban J connectivity index is 1.61. The number of allylic oxidation sites excluding steroid dienone is 1. The van der Waals surface area contributed by atoms with Gasteiger partial charge in [-0.3, -0.25) is 19.2 Å². The number of esters is 1. The minimum atomic E-state index is -1.39. The van der Waals surface area contributed by atoms with Crippen LogP contribution in [0.5, 0.6) is 0 Å². The van der Waals surface area contributed by atoms with E-state index in [1.807, 2.05) is 56.3 Å². The summed E-state index contributed by atoms with van der Waals surface area (Å²) in [7, 11) is 1.51. The summed E-state index contributed by atoms with van der Waals surface area (Å²) in [6, 6.07) is 6.46. The molecule has 0 saturated carbocycles. The van der Waals surface area contributed by atoms with Crippen LogP contribution < -0.4 is 5.32 Å². The summed E-state index contributed by atoms with van der Waals surface area (Å²) in [6.45, 7) is 5.69. The van der Waals surface area contributed by atoms with Crippen molar-refractivity contribution in [3.05, 3.63) is 60.2 Å². The number of hydrogen-bond donors (Lipinski definition) is 2. The molecular weight excluding hydrogens is 578 g/mol. The lowest BCUT2D eigenvalue weighted by molar-refractivity contribution is -0.163. The van der Waals surface area contributed by atoms with Gasteiger partial charge in [-0.25, -0.2) is 0 Å². The first kappa shape index (κ1) is 32.8. The van der Waals surface area contributed by atoms with Crippen LogP contribution in [-0.4, -0.2) is 101 Å². The van der Waals surface area contributed by atoms with Gasteiger partial charge in [0.2, 0.25) is 17.7 Å². The lowest BCUT2D eigenvalue weighted by Crippen LogP contribution is -2.59. The highest BCUT2D eigenvalue weighted by molar-refractivity contribution is 5.99. The minimum Gasteiger partial charge on any atom is -0.455 e. The maximum Gasteiger partial charge on any atom is 0.313 e. The Hall–Kier alpha value is -3.54. The van der Waals surface area contributed by atoms with Crippen LogP contribution in [0.2, 0.25) is 0 Å². The third-order valence-corrected chi connectivity index (χ3v) is 9.51. The number of likely N-dealkylation sites (tertiary alicyclic amines) is 1. The number of fused-ring (bicyclic) bond motifs is 2. The topological polar surface area (TPSA) is 135 Å². The Kier molecular flexibility index (Phi) is 10.1. The smallest absolute Gasteiger partial charge is 0.313 e. The van der Waals surface area contributed by atoms with Gasteiger partial charge in [0, 0.05) is 26.1 Å². The maximum atomic E-state index is 14.6. The SMILES string of the molecule is CCCC(C)N1C/C=C\CCC(=O)N[C@H](COC)[C@@H](c2ccccc2)OC(=O)[C@@H]2[C@@H]3C=C[C@]4(O3)[C@H](C1=O)N([C@H](C)CO)C(=O)[C@@H]24. The molecule has 4 aliphatic rings. The van der Waals surface area contributed by atoms with Gasteiger partial charge >= 0.3 is 5.97 Å². The molecule has 0 radical (unpaired) electrons. The van der Waals surface area contributed by atoms with Crippen LogP contribution in [0.4, 0.5) is 0 Å². The number of ether oxygens (including phenoxy) is 3. The number of carbonyl (C=O) groups excluding carboxylic acids is 4. The summed E-state index contributed by atoms with van der Waals surface area (Å²) < 4.78 is 18.2. The Morgan fingerprint density at radius 1 is 1.09 bits per heavy atom. The average Bonchev–Trinajstić information content (AvgIpc) is 3.68. The van der Waals surface area contributed by atoms with E-state index >= 15 is 0 Å². The van der Waals surface area contributed by atoms with E-state index in [4.69, 9.17) is 14.2 Å². The van der Waals surface area contributed by atoms with Crippen LogP contribution in [0.15, 0.2) is 54.6 Å². The lowest BCUT2D eigenvalue weighted by Gasteiger charge is -2.39. The first-order valence-corrected chi connectivity index (χ1v) is 16.0. The van der Waals surface area contributed by atoms with Crippen LogP contribution in [0.1, 0.15) is 58.1 Å². The molecule has 11 heteroatoms. The maximum absolute atomic E-state index is 14.6. The second-order valence-electron chi connectivity index (χ2n) is 12.5. The van der Waals surface area contributed by atoms with E-state index in [1.165, 1.54) is 12.0 Å². The van der Waals surface area contributed by atoms with Gasteiger partial charge in [0.25, 0.3) is 0 Å². The Bertz CT molecular complexity index is 1320. The standard InChI is InChI=1S/C34H45N3O8/c1-5-12-21(2)36-18-11-7-10-15-26(39)35-24(20-43-4)29(23-13-8-6-9-14-23)44-33(42)27-25-16-17-34(45-25)28(27)31(40)37(22(3)19-38)30(34)32(36)41/h6-9,11,13-14,16-17,21-22,24-25,27-30,38H,5,10,12,15,18-20H2,1-4H3,(H,35,39)/b11-7-/t21?,22-,24-,25+,27-,28-,29-,30+,34-/m1/s1. The molecule has 2 fully saturated rings. The fourth-order valence-electron chi connectivity index (χ4n) is 7.35. The molecule has 5 rings (SSSR count). The second-order valence-corrected chi connectivity index (χ2v) is 12.5. The Morgan fingerprint density at radius 3 is 2.53 bits per heavy atom. The molecule has 2 N–H and O–H groups in total. The van der Waals surface area contributed by atoms with Crippen LogP contribution in [0.25, 0.3) is 0 Å². The van der Waals surface area contributed by atoms with Gasteiger partial charge in [0.15, 0.2) is 0 Å². The quantitative estimate of drug-likeness (QED) is 0.333. The highest BCUT2D eigenvalue weighted by Gasteiger charge is 2.74. The number of methoxy groups -OCH3 is 1. The van der Waals surface area contributed by atoms with Crippen molar-refractivity contribution in [2.45, 2.75) is 88.4 Å². The molecular formula is C34H45N3O8. The molecule has 4 heterocycles. The van der Waals surface area contributed by atoms with Crippen molar-refractivity contribution in [1.82, 2.24) is 15.1 Å². The zero-order valence-corrected chi connectivity index (χ0v) is 26.5. The van der Waals surface area contributed by atoms with Crippen molar-refractivity contribution in [3.8, 4) is 0 Å². The predicted molar refractivity (Wildman–Crippen MR) is 164 cm³/mol. The molecule has 1 unspecified atom stereocenters. The first-order chi connectivity index (χ1) is 21.7. The number of carbonyl (C=O) groups is 4. The number of benzene rings is 1. The van der Waals surface area contributed by atoms with E-state index < -0.39 is 59.6 Å². The van der Waals surface area contributed by atoms with E-state index in [-0.39, 0.29) is 44.0 Å². The van der Waals surface area contributed by atoms with E-state index in [0.29, 0.717) is 12.0 Å². The summed E-state index contributed by atoms with van der Waals surface area (Å²) in [5.41, 5.74) is -0.738. The van der Waals surface area contributed by atoms with Crippen molar-refractivity contribution in [3.63, 3.8) is 0 Å². The molecule has 1 aromatic rings. The number of nitrogens with one attached hydrogen (secondary N) is 1. The van der Waals surface area contributed by atoms with Gasteiger partial charge in [-0.1, -0.05) is 68.0 Å². The largest absolute Gasteiger partial charge is 0.455 e. The molecule has 11 nitrogen and oxygen atoms in total. The zero-order chi connectivity index (χ0) is 32.3. The fraction of sp³-hybridized carbons (Fsp3) is 0.588. The summed E-state index contributed by atoms with van der Waals surface area (Å²) >= 11 is 0. The van der Waals surface area contributed by atoms with Crippen molar-refractivity contribution in [1.29, 1.82) is 0 Å². The zero-order valence-electron chi connectivity index (χ0n) is 26.5. The van der Waals surface area contributed by atoms with E-state index in [9.17, 15) is 24.3 Å².